The largest absolute Gasteiger partial charge is 0.481 e. The molecular formula is C18H23N3O3. The lowest BCUT2D eigenvalue weighted by Gasteiger charge is -2.13. The van der Waals surface area contributed by atoms with Gasteiger partial charge in [-0.15, -0.1) is 0 Å². The molecule has 0 fully saturated rings. The third kappa shape index (κ3) is 4.01. The third-order valence-electron chi connectivity index (χ3n) is 4.09. The summed E-state index contributed by atoms with van der Waals surface area (Å²) < 4.78 is 1.83. The first-order valence-electron chi connectivity index (χ1n) is 7.94. The van der Waals surface area contributed by atoms with Crippen LogP contribution >= 0.6 is 0 Å². The van der Waals surface area contributed by atoms with Crippen LogP contribution in [0.1, 0.15) is 48.8 Å². The van der Waals surface area contributed by atoms with E-state index >= 15 is 0 Å². The smallest absolute Gasteiger partial charge is 0.303 e. The molecule has 2 aromatic rings. The molecule has 0 aliphatic rings. The third-order valence-corrected chi connectivity index (χ3v) is 4.09. The number of carbonyl (C=O) groups excluding carboxylic acids is 1. The summed E-state index contributed by atoms with van der Waals surface area (Å²) >= 11 is 0. The Balaban J connectivity index is 2.24. The standard InChI is InChI=1S/C18H23N3O3/c1-11(19-14(4)22)15-5-7-16(8-6-15)21-13(3)17(12(2)20-21)9-10-18(23)24/h5-8,11H,9-10H2,1-4H3,(H,19,22)(H,23,24)/t11-/m0/s1. The summed E-state index contributed by atoms with van der Waals surface area (Å²) in [5.41, 5.74) is 4.71. The number of carboxylic acids is 1. The Morgan fingerprint density at radius 3 is 2.42 bits per heavy atom. The van der Waals surface area contributed by atoms with Crippen molar-refractivity contribution in [2.45, 2.75) is 46.6 Å². The SMILES string of the molecule is CC(=O)N[C@@H](C)c1ccc(-n2nc(C)c(CCC(=O)O)c2C)cc1. The van der Waals surface area contributed by atoms with Gasteiger partial charge in [-0.25, -0.2) is 4.68 Å². The van der Waals surface area contributed by atoms with Gasteiger partial charge in [-0.3, -0.25) is 9.59 Å². The highest BCUT2D eigenvalue weighted by atomic mass is 16.4. The summed E-state index contributed by atoms with van der Waals surface area (Å²) in [6.07, 6.45) is 0.575. The quantitative estimate of drug-likeness (QED) is 0.853. The van der Waals surface area contributed by atoms with Gasteiger partial charge in [0.15, 0.2) is 0 Å². The number of amides is 1. The van der Waals surface area contributed by atoms with Crippen LogP contribution in [-0.2, 0) is 16.0 Å². The van der Waals surface area contributed by atoms with E-state index in [1.807, 2.05) is 49.7 Å². The van der Waals surface area contributed by atoms with E-state index < -0.39 is 5.97 Å². The summed E-state index contributed by atoms with van der Waals surface area (Å²) in [4.78, 5) is 21.9. The number of aliphatic carboxylic acids is 1. The molecule has 0 radical (unpaired) electrons. The van der Waals surface area contributed by atoms with Crippen LogP contribution in [0.3, 0.4) is 0 Å². The maximum absolute atomic E-state index is 11.1. The fourth-order valence-electron chi connectivity index (χ4n) is 2.81. The Morgan fingerprint density at radius 2 is 1.88 bits per heavy atom. The number of rotatable bonds is 6. The number of carboxylic acid groups (broad SMARTS) is 1. The van der Waals surface area contributed by atoms with Crippen LogP contribution < -0.4 is 5.32 Å². The van der Waals surface area contributed by atoms with Gasteiger partial charge >= 0.3 is 5.97 Å². The molecule has 1 aromatic heterocycles. The Labute approximate surface area is 141 Å². The second-order valence-corrected chi connectivity index (χ2v) is 5.97. The Bertz CT molecular complexity index is 748. The molecule has 2 rings (SSSR count). The molecular weight excluding hydrogens is 306 g/mol. The fourth-order valence-corrected chi connectivity index (χ4v) is 2.81. The molecule has 6 heteroatoms. The maximum atomic E-state index is 11.1. The number of hydrogen-bond donors (Lipinski definition) is 2. The Hall–Kier alpha value is -2.63. The molecule has 1 atom stereocenters. The summed E-state index contributed by atoms with van der Waals surface area (Å²) in [5.74, 6) is -0.869. The number of aryl methyl sites for hydroxylation is 1. The lowest BCUT2D eigenvalue weighted by molar-refractivity contribution is -0.137. The second-order valence-electron chi connectivity index (χ2n) is 5.97. The fraction of sp³-hybridized carbons (Fsp3) is 0.389. The highest BCUT2D eigenvalue weighted by Gasteiger charge is 2.14. The van der Waals surface area contributed by atoms with Crippen LogP contribution in [-0.4, -0.2) is 26.8 Å². The molecule has 6 nitrogen and oxygen atoms in total. The maximum Gasteiger partial charge on any atom is 0.303 e. The summed E-state index contributed by atoms with van der Waals surface area (Å²) in [7, 11) is 0. The minimum Gasteiger partial charge on any atom is -0.481 e. The van der Waals surface area contributed by atoms with Crippen LogP contribution in [0.4, 0.5) is 0 Å². The van der Waals surface area contributed by atoms with E-state index in [9.17, 15) is 9.59 Å². The van der Waals surface area contributed by atoms with Crippen molar-refractivity contribution < 1.29 is 14.7 Å². The average Bonchev–Trinajstić information content (AvgIpc) is 2.79. The zero-order valence-corrected chi connectivity index (χ0v) is 14.5. The number of aromatic nitrogens is 2. The Kier molecular flexibility index (Phi) is 5.39. The molecule has 1 aromatic carbocycles. The molecule has 2 N–H and O–H groups in total. The molecule has 128 valence electrons. The normalized spacial score (nSPS) is 12.0. The van der Waals surface area contributed by atoms with E-state index in [0.717, 1.165) is 28.2 Å². The van der Waals surface area contributed by atoms with Gasteiger partial charge < -0.3 is 10.4 Å². The number of nitrogens with one attached hydrogen (secondary N) is 1. The number of benzene rings is 1. The van der Waals surface area contributed by atoms with Gasteiger partial charge in [0.05, 0.1) is 17.4 Å². The molecule has 0 aliphatic carbocycles. The predicted octanol–water partition coefficient (Wildman–Crippen LogP) is 2.70. The zero-order chi connectivity index (χ0) is 17.9. The Morgan fingerprint density at radius 1 is 1.25 bits per heavy atom. The topological polar surface area (TPSA) is 84.2 Å². The lowest BCUT2D eigenvalue weighted by atomic mass is 10.1. The van der Waals surface area contributed by atoms with Crippen molar-refractivity contribution in [3.05, 3.63) is 46.8 Å². The van der Waals surface area contributed by atoms with Crippen molar-refractivity contribution in [2.24, 2.45) is 0 Å². The monoisotopic (exact) mass is 329 g/mol. The highest BCUT2D eigenvalue weighted by Crippen LogP contribution is 2.21. The van der Waals surface area contributed by atoms with Crippen molar-refractivity contribution in [3.63, 3.8) is 0 Å². The van der Waals surface area contributed by atoms with Gasteiger partial charge in [0.2, 0.25) is 5.91 Å². The van der Waals surface area contributed by atoms with Crippen molar-refractivity contribution in [2.75, 3.05) is 0 Å². The molecule has 0 spiro atoms. The summed E-state index contributed by atoms with van der Waals surface area (Å²) in [6, 6.07) is 7.78. The molecule has 0 saturated heterocycles. The van der Waals surface area contributed by atoms with E-state index in [1.54, 1.807) is 0 Å². The molecule has 24 heavy (non-hydrogen) atoms. The second kappa shape index (κ2) is 7.29. The van der Waals surface area contributed by atoms with E-state index in [2.05, 4.69) is 10.4 Å². The van der Waals surface area contributed by atoms with Gasteiger partial charge in [-0.2, -0.15) is 5.10 Å². The lowest BCUT2D eigenvalue weighted by Crippen LogP contribution is -2.23. The van der Waals surface area contributed by atoms with Gasteiger partial charge in [0.1, 0.15) is 0 Å². The van der Waals surface area contributed by atoms with E-state index in [4.69, 9.17) is 5.11 Å². The van der Waals surface area contributed by atoms with Crippen molar-refractivity contribution >= 4 is 11.9 Å². The van der Waals surface area contributed by atoms with Crippen LogP contribution in [0.25, 0.3) is 5.69 Å². The van der Waals surface area contributed by atoms with Gasteiger partial charge in [-0.05, 0) is 50.5 Å². The predicted molar refractivity (Wildman–Crippen MR) is 91.2 cm³/mol. The number of carbonyl (C=O) groups is 2. The van der Waals surface area contributed by atoms with E-state index in [0.29, 0.717) is 6.42 Å². The number of hydrogen-bond acceptors (Lipinski definition) is 3. The van der Waals surface area contributed by atoms with Crippen LogP contribution in [0.5, 0.6) is 0 Å². The molecule has 1 heterocycles. The van der Waals surface area contributed by atoms with Crippen molar-refractivity contribution in [3.8, 4) is 5.69 Å². The molecule has 0 unspecified atom stereocenters. The summed E-state index contributed by atoms with van der Waals surface area (Å²) in [6.45, 7) is 7.28. The minimum atomic E-state index is -0.808. The first kappa shape index (κ1) is 17.7. The first-order valence-corrected chi connectivity index (χ1v) is 7.94. The molecule has 0 aliphatic heterocycles. The highest BCUT2D eigenvalue weighted by molar-refractivity contribution is 5.73. The molecule has 1 amide bonds. The van der Waals surface area contributed by atoms with Gasteiger partial charge in [-0.1, -0.05) is 12.1 Å². The van der Waals surface area contributed by atoms with Gasteiger partial charge in [0, 0.05) is 19.0 Å². The van der Waals surface area contributed by atoms with Crippen LogP contribution in [0.15, 0.2) is 24.3 Å². The van der Waals surface area contributed by atoms with Crippen molar-refractivity contribution in [1.82, 2.24) is 15.1 Å². The van der Waals surface area contributed by atoms with Crippen molar-refractivity contribution in [1.29, 1.82) is 0 Å². The zero-order valence-electron chi connectivity index (χ0n) is 14.5. The summed E-state index contributed by atoms with van der Waals surface area (Å²) in [5, 5.41) is 16.3. The molecule has 0 bridgehead atoms. The minimum absolute atomic E-state index is 0.0527. The average molecular weight is 329 g/mol. The van der Waals surface area contributed by atoms with E-state index in [1.165, 1.54) is 6.92 Å². The number of nitrogens with zero attached hydrogens (tertiary/aromatic N) is 2. The van der Waals surface area contributed by atoms with Crippen LogP contribution in [0, 0.1) is 13.8 Å². The van der Waals surface area contributed by atoms with Gasteiger partial charge in [0.25, 0.3) is 0 Å². The molecule has 0 saturated carbocycles. The first-order chi connectivity index (χ1) is 11.3. The van der Waals surface area contributed by atoms with E-state index in [-0.39, 0.29) is 18.4 Å². The van der Waals surface area contributed by atoms with Crippen LogP contribution in [0.2, 0.25) is 0 Å².